The number of fused-ring (bicyclic) bond motifs is 1. The van der Waals surface area contributed by atoms with Crippen LogP contribution in [-0.2, 0) is 4.74 Å². The molecular weight excluding hydrogens is 482 g/mol. The first kappa shape index (κ1) is 26.9. The lowest BCUT2D eigenvalue weighted by Gasteiger charge is -2.20. The molecule has 37 heavy (non-hydrogen) atoms. The Balaban J connectivity index is 1.61. The van der Waals surface area contributed by atoms with Crippen LogP contribution in [0.1, 0.15) is 34.6 Å². The second kappa shape index (κ2) is 11.8. The average Bonchev–Trinajstić information content (AvgIpc) is 3.11. The van der Waals surface area contributed by atoms with Gasteiger partial charge in [0, 0.05) is 31.9 Å². The number of hydrogen-bond acceptors (Lipinski definition) is 9. The number of allylic oxidation sites excluding steroid dienone is 2. The Morgan fingerprint density at radius 1 is 1.11 bits per heavy atom. The normalized spacial score (nSPS) is 15.3. The number of ether oxygens (including phenoxy) is 1. The number of carbonyl (C=O) groups is 2. The third-order valence-electron chi connectivity index (χ3n) is 5.73. The van der Waals surface area contributed by atoms with Crippen molar-refractivity contribution in [3.8, 4) is 0 Å². The molecule has 0 saturated carbocycles. The fourth-order valence-corrected chi connectivity index (χ4v) is 3.88. The van der Waals surface area contributed by atoms with E-state index < -0.39 is 21.2 Å². The zero-order chi connectivity index (χ0) is 27.1. The summed E-state index contributed by atoms with van der Waals surface area (Å²) in [6.07, 6.45) is 6.35. The van der Waals surface area contributed by atoms with Gasteiger partial charge in [-0.2, -0.15) is 5.10 Å². The lowest BCUT2D eigenvalue weighted by atomic mass is 9.99. The minimum absolute atomic E-state index is 0.0105. The van der Waals surface area contributed by atoms with Crippen molar-refractivity contribution in [3.63, 3.8) is 0 Å². The number of carbonyl (C=O) groups excluding carboxylic acids is 2. The SMILES string of the molecule is CO[C@H](/C(C)=C/C=C/CN1C(=O)c2ccccc2C1=O)[C@@H](C)/C=N/Nc1ccc([N+](=O)[O-])cc1[N+](=O)[O-]. The highest BCUT2D eigenvalue weighted by Crippen LogP contribution is 2.29. The van der Waals surface area contributed by atoms with Gasteiger partial charge in [-0.15, -0.1) is 0 Å². The molecule has 0 fully saturated rings. The van der Waals surface area contributed by atoms with Gasteiger partial charge in [-0.25, -0.2) is 0 Å². The van der Waals surface area contributed by atoms with Crippen LogP contribution in [0.3, 0.4) is 0 Å². The third kappa shape index (κ3) is 6.11. The summed E-state index contributed by atoms with van der Waals surface area (Å²) in [5.41, 5.74) is 3.33. The van der Waals surface area contributed by atoms with Crippen LogP contribution in [0, 0.1) is 26.1 Å². The van der Waals surface area contributed by atoms with Crippen LogP contribution in [0.25, 0.3) is 0 Å². The molecule has 1 heterocycles. The Morgan fingerprint density at radius 2 is 1.76 bits per heavy atom. The molecule has 1 aliphatic heterocycles. The Kier molecular flexibility index (Phi) is 8.59. The lowest BCUT2D eigenvalue weighted by Crippen LogP contribution is -2.29. The number of hydrazone groups is 1. The summed E-state index contributed by atoms with van der Waals surface area (Å²) < 4.78 is 5.56. The molecule has 0 unspecified atom stereocenters. The molecular formula is C25H25N5O7. The molecule has 1 N–H and O–H groups in total. The fourth-order valence-electron chi connectivity index (χ4n) is 3.88. The molecule has 2 aromatic rings. The minimum atomic E-state index is -0.729. The van der Waals surface area contributed by atoms with Crippen LogP contribution in [0.4, 0.5) is 17.1 Å². The summed E-state index contributed by atoms with van der Waals surface area (Å²) in [5, 5.41) is 26.2. The predicted octanol–water partition coefficient (Wildman–Crippen LogP) is 4.35. The van der Waals surface area contributed by atoms with Gasteiger partial charge in [0.2, 0.25) is 0 Å². The van der Waals surface area contributed by atoms with Crippen molar-refractivity contribution in [1.82, 2.24) is 4.90 Å². The summed E-state index contributed by atoms with van der Waals surface area (Å²) in [7, 11) is 1.53. The predicted molar refractivity (Wildman–Crippen MR) is 137 cm³/mol. The maximum absolute atomic E-state index is 12.4. The Bertz CT molecular complexity index is 1280. The number of rotatable bonds is 11. The van der Waals surface area contributed by atoms with Gasteiger partial charge in [0.05, 0.1) is 33.1 Å². The molecule has 0 aliphatic carbocycles. The molecule has 0 saturated heterocycles. The Hall–Kier alpha value is -4.71. The van der Waals surface area contributed by atoms with Crippen molar-refractivity contribution < 1.29 is 24.2 Å². The highest BCUT2D eigenvalue weighted by atomic mass is 16.6. The molecule has 1 aliphatic rings. The van der Waals surface area contributed by atoms with E-state index in [2.05, 4.69) is 10.5 Å². The van der Waals surface area contributed by atoms with Crippen molar-refractivity contribution in [2.24, 2.45) is 11.0 Å². The number of imide groups is 1. The smallest absolute Gasteiger partial charge is 0.301 e. The molecule has 3 rings (SSSR count). The van der Waals surface area contributed by atoms with Gasteiger partial charge in [0.1, 0.15) is 5.69 Å². The van der Waals surface area contributed by atoms with Crippen LogP contribution >= 0.6 is 0 Å². The first-order chi connectivity index (χ1) is 17.6. The van der Waals surface area contributed by atoms with E-state index in [1.54, 1.807) is 42.5 Å². The molecule has 2 aromatic carbocycles. The highest BCUT2D eigenvalue weighted by Gasteiger charge is 2.34. The van der Waals surface area contributed by atoms with E-state index in [1.165, 1.54) is 24.3 Å². The molecule has 0 bridgehead atoms. The number of nitro benzene ring substituents is 2. The van der Waals surface area contributed by atoms with Crippen LogP contribution in [0.2, 0.25) is 0 Å². The molecule has 0 aromatic heterocycles. The van der Waals surface area contributed by atoms with E-state index in [4.69, 9.17) is 4.74 Å². The average molecular weight is 508 g/mol. The first-order valence-corrected chi connectivity index (χ1v) is 11.2. The number of nitro groups is 2. The molecule has 12 heteroatoms. The van der Waals surface area contributed by atoms with E-state index in [0.29, 0.717) is 11.1 Å². The van der Waals surface area contributed by atoms with E-state index in [-0.39, 0.29) is 36.1 Å². The summed E-state index contributed by atoms with van der Waals surface area (Å²) in [6.45, 7) is 3.81. The highest BCUT2D eigenvalue weighted by molar-refractivity contribution is 6.21. The largest absolute Gasteiger partial charge is 0.376 e. The van der Waals surface area contributed by atoms with Crippen LogP contribution < -0.4 is 5.43 Å². The fraction of sp³-hybridized carbons (Fsp3) is 0.240. The summed E-state index contributed by atoms with van der Waals surface area (Å²) in [6, 6.07) is 9.92. The number of nitrogens with zero attached hydrogens (tertiary/aromatic N) is 4. The van der Waals surface area contributed by atoms with Gasteiger partial charge >= 0.3 is 5.69 Å². The summed E-state index contributed by atoms with van der Waals surface area (Å²) >= 11 is 0. The van der Waals surface area contributed by atoms with Crippen molar-refractivity contribution in [2.75, 3.05) is 19.1 Å². The minimum Gasteiger partial charge on any atom is -0.376 e. The number of anilines is 1. The molecule has 12 nitrogen and oxygen atoms in total. The zero-order valence-corrected chi connectivity index (χ0v) is 20.4. The molecule has 192 valence electrons. The zero-order valence-electron chi connectivity index (χ0n) is 20.4. The van der Waals surface area contributed by atoms with E-state index in [0.717, 1.165) is 17.7 Å². The maximum Gasteiger partial charge on any atom is 0.301 e. The quantitative estimate of drug-likeness (QED) is 0.155. The van der Waals surface area contributed by atoms with Crippen LogP contribution in [0.5, 0.6) is 0 Å². The number of amides is 2. The van der Waals surface area contributed by atoms with Crippen molar-refractivity contribution in [2.45, 2.75) is 20.0 Å². The monoisotopic (exact) mass is 507 g/mol. The van der Waals surface area contributed by atoms with Crippen molar-refractivity contribution in [1.29, 1.82) is 0 Å². The van der Waals surface area contributed by atoms with E-state index in [9.17, 15) is 29.8 Å². The van der Waals surface area contributed by atoms with Crippen molar-refractivity contribution >= 4 is 35.1 Å². The van der Waals surface area contributed by atoms with Gasteiger partial charge < -0.3 is 4.74 Å². The number of benzene rings is 2. The molecule has 0 spiro atoms. The lowest BCUT2D eigenvalue weighted by molar-refractivity contribution is -0.393. The first-order valence-electron chi connectivity index (χ1n) is 11.2. The number of nitrogens with one attached hydrogen (secondary N) is 1. The molecule has 2 atom stereocenters. The van der Waals surface area contributed by atoms with Crippen molar-refractivity contribution in [3.05, 3.63) is 97.6 Å². The summed E-state index contributed by atoms with van der Waals surface area (Å²) in [5.74, 6) is -0.909. The Morgan fingerprint density at radius 3 is 2.32 bits per heavy atom. The van der Waals surface area contributed by atoms with E-state index >= 15 is 0 Å². The van der Waals surface area contributed by atoms with Crippen LogP contribution in [0.15, 0.2) is 71.4 Å². The van der Waals surface area contributed by atoms with Gasteiger partial charge in [-0.1, -0.05) is 37.3 Å². The maximum atomic E-state index is 12.4. The standard InChI is InChI=1S/C25H25N5O7/c1-16(8-6-7-13-28-24(31)19-9-4-5-10-20(19)25(28)32)23(37-3)17(2)15-26-27-21-12-11-18(29(33)34)14-22(21)30(35)36/h4-12,14-15,17,23,27H,13H2,1-3H3/b7-6+,16-8+,26-15+/t17-,23+/m0/s1. The van der Waals surface area contributed by atoms with Gasteiger partial charge in [0.25, 0.3) is 17.5 Å². The van der Waals surface area contributed by atoms with E-state index in [1.807, 2.05) is 13.8 Å². The topological polar surface area (TPSA) is 157 Å². The Labute approximate surface area is 212 Å². The number of non-ortho nitro benzene ring substituents is 1. The second-order valence-corrected chi connectivity index (χ2v) is 8.23. The molecule has 2 amide bonds. The summed E-state index contributed by atoms with van der Waals surface area (Å²) in [4.78, 5) is 46.7. The van der Waals surface area contributed by atoms with Gasteiger partial charge in [0.15, 0.2) is 0 Å². The number of hydrogen-bond donors (Lipinski definition) is 1. The second-order valence-electron chi connectivity index (χ2n) is 8.23. The van der Waals surface area contributed by atoms with Gasteiger partial charge in [-0.05, 0) is 30.7 Å². The molecule has 0 radical (unpaired) electrons. The third-order valence-corrected chi connectivity index (χ3v) is 5.73. The van der Waals surface area contributed by atoms with Crippen LogP contribution in [-0.4, -0.2) is 52.5 Å². The van der Waals surface area contributed by atoms with Gasteiger partial charge in [-0.3, -0.25) is 40.1 Å². The number of methoxy groups -OCH3 is 1.